The van der Waals surface area contributed by atoms with Gasteiger partial charge in [-0.3, -0.25) is 9.59 Å². The number of hydrogen-bond acceptors (Lipinski definition) is 3. The molecule has 1 unspecified atom stereocenters. The molecule has 0 aliphatic heterocycles. The average Bonchev–Trinajstić information content (AvgIpc) is 2.78. The lowest BCUT2D eigenvalue weighted by Gasteiger charge is -2.09. The monoisotopic (exact) mass is 295 g/mol. The van der Waals surface area contributed by atoms with Gasteiger partial charge in [-0.1, -0.05) is 6.92 Å². The van der Waals surface area contributed by atoms with Crippen molar-refractivity contribution < 1.29 is 19.1 Å². The van der Waals surface area contributed by atoms with E-state index in [2.05, 4.69) is 5.32 Å². The van der Waals surface area contributed by atoms with Crippen molar-refractivity contribution in [2.45, 2.75) is 13.3 Å². The van der Waals surface area contributed by atoms with Crippen LogP contribution in [0.2, 0.25) is 0 Å². The second-order valence-electron chi connectivity index (χ2n) is 4.71. The molecule has 0 aliphatic carbocycles. The summed E-state index contributed by atoms with van der Waals surface area (Å²) in [5, 5.41) is 12.0. The van der Waals surface area contributed by atoms with E-state index in [-0.39, 0.29) is 24.1 Å². The Bertz CT molecular complexity index is 653. The number of benzene rings is 1. The Labute approximate surface area is 119 Å². The third kappa shape index (κ3) is 3.54. The Morgan fingerprint density at radius 1 is 1.40 bits per heavy atom. The lowest BCUT2D eigenvalue weighted by Crippen LogP contribution is -2.28. The standard InChI is InChI=1S/C14H14FNO3S/c1-8(4-13(17)18)7-16-14(19)12-6-9-5-10(15)2-3-11(9)20-12/h2-3,5-6,8H,4,7H2,1H3,(H,16,19)(H,17,18). The van der Waals surface area contributed by atoms with Gasteiger partial charge < -0.3 is 10.4 Å². The largest absolute Gasteiger partial charge is 0.481 e. The number of carbonyl (C=O) groups is 2. The summed E-state index contributed by atoms with van der Waals surface area (Å²) in [5.41, 5.74) is 0. The first-order valence-corrected chi connectivity index (χ1v) is 6.96. The van der Waals surface area contributed by atoms with E-state index in [1.54, 1.807) is 19.1 Å². The van der Waals surface area contributed by atoms with E-state index in [4.69, 9.17) is 5.11 Å². The lowest BCUT2D eigenvalue weighted by molar-refractivity contribution is -0.137. The number of thiophene rings is 1. The van der Waals surface area contributed by atoms with Gasteiger partial charge in [0.15, 0.2) is 0 Å². The number of hydrogen-bond donors (Lipinski definition) is 2. The van der Waals surface area contributed by atoms with E-state index in [1.165, 1.54) is 23.5 Å². The van der Waals surface area contributed by atoms with Crippen molar-refractivity contribution in [2.75, 3.05) is 6.54 Å². The van der Waals surface area contributed by atoms with Gasteiger partial charge in [0.05, 0.1) is 4.88 Å². The van der Waals surface area contributed by atoms with Crippen molar-refractivity contribution in [1.82, 2.24) is 5.32 Å². The molecular weight excluding hydrogens is 281 g/mol. The van der Waals surface area contributed by atoms with Crippen molar-refractivity contribution in [1.29, 1.82) is 0 Å². The number of fused-ring (bicyclic) bond motifs is 1. The summed E-state index contributed by atoms with van der Waals surface area (Å²) in [7, 11) is 0. The number of rotatable bonds is 5. The van der Waals surface area contributed by atoms with Crippen molar-refractivity contribution in [2.24, 2.45) is 5.92 Å². The summed E-state index contributed by atoms with van der Waals surface area (Å²) >= 11 is 1.28. The number of halogens is 1. The molecule has 106 valence electrons. The predicted octanol–water partition coefficient (Wildman–Crippen LogP) is 2.88. The highest BCUT2D eigenvalue weighted by molar-refractivity contribution is 7.20. The molecule has 1 heterocycles. The molecule has 0 bridgehead atoms. The molecule has 0 saturated heterocycles. The molecule has 2 aromatic rings. The van der Waals surface area contributed by atoms with Crippen LogP contribution >= 0.6 is 11.3 Å². The van der Waals surface area contributed by atoms with E-state index >= 15 is 0 Å². The molecule has 6 heteroatoms. The van der Waals surface area contributed by atoms with Crippen LogP contribution in [0, 0.1) is 11.7 Å². The topological polar surface area (TPSA) is 66.4 Å². The van der Waals surface area contributed by atoms with Gasteiger partial charge >= 0.3 is 5.97 Å². The van der Waals surface area contributed by atoms with E-state index < -0.39 is 5.97 Å². The van der Waals surface area contributed by atoms with Crippen LogP contribution < -0.4 is 5.32 Å². The van der Waals surface area contributed by atoms with Crippen LogP contribution in [0.15, 0.2) is 24.3 Å². The number of carbonyl (C=O) groups excluding carboxylic acids is 1. The molecule has 0 fully saturated rings. The predicted molar refractivity (Wildman–Crippen MR) is 75.5 cm³/mol. The quantitative estimate of drug-likeness (QED) is 0.891. The average molecular weight is 295 g/mol. The molecule has 0 saturated carbocycles. The van der Waals surface area contributed by atoms with Crippen LogP contribution in [0.3, 0.4) is 0 Å². The van der Waals surface area contributed by atoms with E-state index in [9.17, 15) is 14.0 Å². The van der Waals surface area contributed by atoms with Crippen LogP contribution in [0.25, 0.3) is 10.1 Å². The number of aliphatic carboxylic acids is 1. The smallest absolute Gasteiger partial charge is 0.303 e. The summed E-state index contributed by atoms with van der Waals surface area (Å²) in [6, 6.07) is 6.02. The Kier molecular flexibility index (Phi) is 4.34. The molecule has 1 amide bonds. The number of carboxylic acid groups (broad SMARTS) is 1. The zero-order valence-electron chi connectivity index (χ0n) is 10.9. The Balaban J connectivity index is 2.02. The highest BCUT2D eigenvalue weighted by atomic mass is 32.1. The first-order chi connectivity index (χ1) is 9.45. The zero-order chi connectivity index (χ0) is 14.7. The molecular formula is C14H14FNO3S. The van der Waals surface area contributed by atoms with Crippen molar-refractivity contribution in [3.05, 3.63) is 35.0 Å². The van der Waals surface area contributed by atoms with Gasteiger partial charge in [0.2, 0.25) is 0 Å². The Hall–Kier alpha value is -1.95. The first kappa shape index (κ1) is 14.5. The van der Waals surface area contributed by atoms with Crippen LogP contribution in [0.5, 0.6) is 0 Å². The SMILES string of the molecule is CC(CNC(=O)c1cc2cc(F)ccc2s1)CC(=O)O. The van der Waals surface area contributed by atoms with Crippen LogP contribution in [-0.4, -0.2) is 23.5 Å². The minimum Gasteiger partial charge on any atom is -0.481 e. The summed E-state index contributed by atoms with van der Waals surface area (Å²) in [4.78, 5) is 23.0. The maximum atomic E-state index is 13.1. The third-order valence-electron chi connectivity index (χ3n) is 2.84. The van der Waals surface area contributed by atoms with Gasteiger partial charge in [-0.2, -0.15) is 0 Å². The highest BCUT2D eigenvalue weighted by Gasteiger charge is 2.13. The van der Waals surface area contributed by atoms with Gasteiger partial charge in [-0.25, -0.2) is 4.39 Å². The van der Waals surface area contributed by atoms with Crippen LogP contribution in [0.4, 0.5) is 4.39 Å². The lowest BCUT2D eigenvalue weighted by atomic mass is 10.1. The van der Waals surface area contributed by atoms with Gasteiger partial charge in [0.1, 0.15) is 5.82 Å². The molecule has 0 radical (unpaired) electrons. The molecule has 1 atom stereocenters. The molecule has 4 nitrogen and oxygen atoms in total. The molecule has 2 rings (SSSR count). The summed E-state index contributed by atoms with van der Waals surface area (Å²) in [6.07, 6.45) is 0.0118. The second-order valence-corrected chi connectivity index (χ2v) is 5.79. The summed E-state index contributed by atoms with van der Waals surface area (Å²) in [6.45, 7) is 2.06. The molecule has 1 aromatic heterocycles. The fourth-order valence-corrected chi connectivity index (χ4v) is 2.81. The third-order valence-corrected chi connectivity index (χ3v) is 3.95. The maximum absolute atomic E-state index is 13.1. The molecule has 20 heavy (non-hydrogen) atoms. The van der Waals surface area contributed by atoms with E-state index in [0.717, 1.165) is 4.70 Å². The molecule has 0 aliphatic rings. The Morgan fingerprint density at radius 2 is 2.15 bits per heavy atom. The zero-order valence-corrected chi connectivity index (χ0v) is 11.7. The van der Waals surface area contributed by atoms with Crippen LogP contribution in [-0.2, 0) is 4.79 Å². The van der Waals surface area contributed by atoms with Gasteiger partial charge in [0.25, 0.3) is 5.91 Å². The van der Waals surface area contributed by atoms with Gasteiger partial charge in [-0.05, 0) is 35.6 Å². The fourth-order valence-electron chi connectivity index (χ4n) is 1.85. The van der Waals surface area contributed by atoms with Crippen molar-refractivity contribution >= 4 is 33.3 Å². The van der Waals surface area contributed by atoms with E-state index in [0.29, 0.717) is 16.8 Å². The van der Waals surface area contributed by atoms with E-state index in [1.807, 2.05) is 0 Å². The van der Waals surface area contributed by atoms with Crippen molar-refractivity contribution in [3.8, 4) is 0 Å². The Morgan fingerprint density at radius 3 is 2.85 bits per heavy atom. The second kappa shape index (κ2) is 6.00. The first-order valence-electron chi connectivity index (χ1n) is 6.15. The number of carboxylic acids is 1. The molecule has 0 spiro atoms. The maximum Gasteiger partial charge on any atom is 0.303 e. The fraction of sp³-hybridized carbons (Fsp3) is 0.286. The minimum absolute atomic E-state index is 0.0118. The molecule has 2 N–H and O–H groups in total. The number of nitrogens with one attached hydrogen (secondary N) is 1. The minimum atomic E-state index is -0.885. The van der Waals surface area contributed by atoms with Crippen molar-refractivity contribution in [3.63, 3.8) is 0 Å². The summed E-state index contributed by atoms with van der Waals surface area (Å²) in [5.74, 6) is -1.62. The highest BCUT2D eigenvalue weighted by Crippen LogP contribution is 2.26. The van der Waals surface area contributed by atoms with Gasteiger partial charge in [0, 0.05) is 17.7 Å². The van der Waals surface area contributed by atoms with Crippen LogP contribution in [0.1, 0.15) is 23.0 Å². The molecule has 1 aromatic carbocycles. The number of amides is 1. The summed E-state index contributed by atoms with van der Waals surface area (Å²) < 4.78 is 13.9. The van der Waals surface area contributed by atoms with Gasteiger partial charge in [-0.15, -0.1) is 11.3 Å². The normalized spacial score (nSPS) is 12.3.